The van der Waals surface area contributed by atoms with Crippen LogP contribution in [-0.2, 0) is 6.54 Å². The van der Waals surface area contributed by atoms with Gasteiger partial charge in [0.15, 0.2) is 0 Å². The normalized spacial score (nSPS) is 18.2. The minimum atomic E-state index is -0.189. The van der Waals surface area contributed by atoms with Crippen LogP contribution in [0.25, 0.3) is 0 Å². The molecule has 0 heterocycles. The van der Waals surface area contributed by atoms with Gasteiger partial charge in [-0.15, -0.1) is 0 Å². The number of likely N-dealkylation sites (N-methyl/N-ethyl adjacent to an activating group) is 1. The molecule has 1 unspecified atom stereocenters. The Hall–Kier alpha value is -1.06. The number of ether oxygens (including phenoxy) is 1. The van der Waals surface area contributed by atoms with Crippen LogP contribution in [0.3, 0.4) is 0 Å². The van der Waals surface area contributed by atoms with Gasteiger partial charge in [-0.2, -0.15) is 0 Å². The number of hydrogen-bond acceptors (Lipinski definition) is 3. The lowest BCUT2D eigenvalue weighted by Crippen LogP contribution is -2.35. The van der Waals surface area contributed by atoms with Crippen molar-refractivity contribution < 1.29 is 9.84 Å². The molecule has 0 aliphatic heterocycles. The van der Waals surface area contributed by atoms with Gasteiger partial charge in [0.05, 0.1) is 13.2 Å². The average molecular weight is 277 g/mol. The van der Waals surface area contributed by atoms with E-state index in [-0.39, 0.29) is 6.10 Å². The highest BCUT2D eigenvalue weighted by atomic mass is 16.5. The Morgan fingerprint density at radius 2 is 2.05 bits per heavy atom. The third kappa shape index (κ3) is 4.50. The summed E-state index contributed by atoms with van der Waals surface area (Å²) in [5.74, 6) is 1.39. The first-order valence-corrected chi connectivity index (χ1v) is 7.68. The van der Waals surface area contributed by atoms with Gasteiger partial charge in [0.25, 0.3) is 0 Å². The van der Waals surface area contributed by atoms with Gasteiger partial charge in [-0.3, -0.25) is 4.90 Å². The molecule has 1 saturated carbocycles. The average Bonchev–Trinajstić information content (AvgIpc) is 2.48. The van der Waals surface area contributed by atoms with E-state index in [0.29, 0.717) is 5.92 Å². The first-order valence-electron chi connectivity index (χ1n) is 7.68. The number of nitrogens with zero attached hydrogens (tertiary/aromatic N) is 1. The van der Waals surface area contributed by atoms with Gasteiger partial charge in [0.2, 0.25) is 0 Å². The maximum absolute atomic E-state index is 10.4. The lowest BCUT2D eigenvalue weighted by atomic mass is 9.85. The molecule has 0 spiro atoms. The lowest BCUT2D eigenvalue weighted by molar-refractivity contribution is 0.0531. The van der Waals surface area contributed by atoms with Crippen LogP contribution in [0.2, 0.25) is 0 Å². The molecule has 0 radical (unpaired) electrons. The molecule has 3 heteroatoms. The predicted octanol–water partition coefficient (Wildman–Crippen LogP) is 3.07. The van der Waals surface area contributed by atoms with Crippen LogP contribution in [0, 0.1) is 5.92 Å². The van der Waals surface area contributed by atoms with Crippen molar-refractivity contribution in [3.8, 4) is 5.75 Å². The molecule has 1 aliphatic rings. The van der Waals surface area contributed by atoms with Crippen LogP contribution in [0.15, 0.2) is 24.3 Å². The van der Waals surface area contributed by atoms with Crippen molar-refractivity contribution in [3.63, 3.8) is 0 Å². The largest absolute Gasteiger partial charge is 0.497 e. The second kappa shape index (κ2) is 7.65. The first-order chi connectivity index (χ1) is 9.69. The molecular formula is C17H27NO2. The molecule has 1 atom stereocenters. The molecular weight excluding hydrogens is 250 g/mol. The van der Waals surface area contributed by atoms with E-state index in [0.717, 1.165) is 18.8 Å². The highest BCUT2D eigenvalue weighted by Crippen LogP contribution is 2.27. The SMILES string of the molecule is COc1cccc(CN(C)CC(O)C2CCCCC2)c1. The van der Waals surface area contributed by atoms with Crippen molar-refractivity contribution in [3.05, 3.63) is 29.8 Å². The standard InChI is InChI=1S/C17H27NO2/c1-18(12-14-7-6-10-16(11-14)20-2)13-17(19)15-8-4-3-5-9-15/h6-7,10-11,15,17,19H,3-5,8-9,12-13H2,1-2H3. The quantitative estimate of drug-likeness (QED) is 0.867. The maximum Gasteiger partial charge on any atom is 0.119 e. The molecule has 112 valence electrons. The van der Waals surface area contributed by atoms with Crippen molar-refractivity contribution >= 4 is 0 Å². The van der Waals surface area contributed by atoms with Gasteiger partial charge in [-0.25, -0.2) is 0 Å². The van der Waals surface area contributed by atoms with E-state index in [1.165, 1.54) is 37.7 Å². The fourth-order valence-corrected chi connectivity index (χ4v) is 3.13. The molecule has 1 fully saturated rings. The highest BCUT2D eigenvalue weighted by Gasteiger charge is 2.22. The Kier molecular flexibility index (Phi) is 5.86. The summed E-state index contributed by atoms with van der Waals surface area (Å²) in [6.07, 6.45) is 6.08. The molecule has 0 amide bonds. The van der Waals surface area contributed by atoms with Crippen molar-refractivity contribution in [2.45, 2.75) is 44.8 Å². The fourth-order valence-electron chi connectivity index (χ4n) is 3.13. The van der Waals surface area contributed by atoms with Crippen molar-refractivity contribution in [1.29, 1.82) is 0 Å². The van der Waals surface area contributed by atoms with E-state index >= 15 is 0 Å². The lowest BCUT2D eigenvalue weighted by Gasteiger charge is -2.29. The second-order valence-corrected chi connectivity index (χ2v) is 6.01. The van der Waals surface area contributed by atoms with Crippen LogP contribution in [-0.4, -0.2) is 36.8 Å². The Morgan fingerprint density at radius 1 is 1.30 bits per heavy atom. The van der Waals surface area contributed by atoms with E-state index in [1.807, 2.05) is 12.1 Å². The molecule has 1 aliphatic carbocycles. The molecule has 2 rings (SSSR count). The topological polar surface area (TPSA) is 32.7 Å². The van der Waals surface area contributed by atoms with E-state index in [2.05, 4.69) is 24.1 Å². The van der Waals surface area contributed by atoms with Crippen LogP contribution in [0.5, 0.6) is 5.75 Å². The zero-order valence-corrected chi connectivity index (χ0v) is 12.7. The predicted molar refractivity (Wildman–Crippen MR) is 81.9 cm³/mol. The zero-order valence-electron chi connectivity index (χ0n) is 12.7. The molecule has 20 heavy (non-hydrogen) atoms. The van der Waals surface area contributed by atoms with E-state index in [9.17, 15) is 5.11 Å². The van der Waals surface area contributed by atoms with Crippen LogP contribution in [0.4, 0.5) is 0 Å². The summed E-state index contributed by atoms with van der Waals surface area (Å²) in [6, 6.07) is 8.13. The molecule has 1 aromatic carbocycles. The third-order valence-corrected chi connectivity index (χ3v) is 4.28. The zero-order chi connectivity index (χ0) is 14.4. The Labute approximate surface area is 122 Å². The summed E-state index contributed by atoms with van der Waals surface area (Å²) < 4.78 is 5.24. The summed E-state index contributed by atoms with van der Waals surface area (Å²) in [7, 11) is 3.77. The van der Waals surface area contributed by atoms with E-state index in [4.69, 9.17) is 4.74 Å². The van der Waals surface area contributed by atoms with E-state index in [1.54, 1.807) is 7.11 Å². The second-order valence-electron chi connectivity index (χ2n) is 6.01. The molecule has 0 saturated heterocycles. The molecule has 0 bridgehead atoms. The van der Waals surface area contributed by atoms with Crippen molar-refractivity contribution in [2.75, 3.05) is 20.7 Å². The summed E-state index contributed by atoms with van der Waals surface area (Å²) >= 11 is 0. The molecule has 0 aromatic heterocycles. The summed E-state index contributed by atoms with van der Waals surface area (Å²) in [6.45, 7) is 1.60. The van der Waals surface area contributed by atoms with Gasteiger partial charge < -0.3 is 9.84 Å². The fraction of sp³-hybridized carbons (Fsp3) is 0.647. The van der Waals surface area contributed by atoms with Crippen LogP contribution >= 0.6 is 0 Å². The number of aliphatic hydroxyl groups excluding tert-OH is 1. The first kappa shape index (κ1) is 15.3. The number of aliphatic hydroxyl groups is 1. The Morgan fingerprint density at radius 3 is 2.75 bits per heavy atom. The monoisotopic (exact) mass is 277 g/mol. The Bertz CT molecular complexity index is 402. The summed E-state index contributed by atoms with van der Waals surface area (Å²) in [4.78, 5) is 2.20. The number of methoxy groups -OCH3 is 1. The van der Waals surface area contributed by atoms with Gasteiger partial charge >= 0.3 is 0 Å². The maximum atomic E-state index is 10.4. The smallest absolute Gasteiger partial charge is 0.119 e. The Balaban J connectivity index is 1.83. The minimum absolute atomic E-state index is 0.189. The van der Waals surface area contributed by atoms with Crippen molar-refractivity contribution in [2.24, 2.45) is 5.92 Å². The van der Waals surface area contributed by atoms with Crippen LogP contribution < -0.4 is 4.74 Å². The number of hydrogen-bond donors (Lipinski definition) is 1. The van der Waals surface area contributed by atoms with E-state index < -0.39 is 0 Å². The third-order valence-electron chi connectivity index (χ3n) is 4.28. The number of benzene rings is 1. The van der Waals surface area contributed by atoms with Gasteiger partial charge in [0.1, 0.15) is 5.75 Å². The van der Waals surface area contributed by atoms with Gasteiger partial charge in [0, 0.05) is 13.1 Å². The van der Waals surface area contributed by atoms with Gasteiger partial charge in [-0.05, 0) is 43.5 Å². The highest BCUT2D eigenvalue weighted by molar-refractivity contribution is 5.28. The molecule has 3 nitrogen and oxygen atoms in total. The minimum Gasteiger partial charge on any atom is -0.497 e. The van der Waals surface area contributed by atoms with Crippen LogP contribution in [0.1, 0.15) is 37.7 Å². The van der Waals surface area contributed by atoms with Crippen molar-refractivity contribution in [1.82, 2.24) is 4.90 Å². The molecule has 1 aromatic rings. The summed E-state index contributed by atoms with van der Waals surface area (Å²) in [5, 5.41) is 10.4. The summed E-state index contributed by atoms with van der Waals surface area (Å²) in [5.41, 5.74) is 1.22. The number of rotatable bonds is 6. The molecule has 1 N–H and O–H groups in total. The van der Waals surface area contributed by atoms with Gasteiger partial charge in [-0.1, -0.05) is 31.4 Å².